The predicted molar refractivity (Wildman–Crippen MR) is 119 cm³/mol. The fourth-order valence-corrected chi connectivity index (χ4v) is 2.59. The van der Waals surface area contributed by atoms with Crippen LogP contribution in [0, 0.1) is 0 Å². The lowest BCUT2D eigenvalue weighted by atomic mass is 10.2. The molecular weight excluding hydrogens is 416 g/mol. The van der Waals surface area contributed by atoms with E-state index in [2.05, 4.69) is 21.1 Å². The standard InChI is InChI=1S/C22H26N4O6/c1-31-19-11-15(7-9-17(19)27)13-23-25-21(29)5-3-4-6-22(30)26-24-14-16-8-10-18(28)20(12-16)32-2/h7-14,27-28H,3-6H2,1-2H3,(H,25,29)(H,26,30)/b23-13+,24-14+. The van der Waals surface area contributed by atoms with Crippen molar-refractivity contribution < 1.29 is 29.3 Å². The van der Waals surface area contributed by atoms with Crippen molar-refractivity contribution in [1.29, 1.82) is 0 Å². The topological polar surface area (TPSA) is 142 Å². The Balaban J connectivity index is 1.64. The maximum Gasteiger partial charge on any atom is 0.240 e. The number of phenols is 2. The normalized spacial score (nSPS) is 10.9. The van der Waals surface area contributed by atoms with Crippen LogP contribution >= 0.6 is 0 Å². The number of hydrogen-bond donors (Lipinski definition) is 4. The van der Waals surface area contributed by atoms with E-state index in [0.717, 1.165) is 0 Å². The van der Waals surface area contributed by atoms with E-state index in [1.54, 1.807) is 24.3 Å². The number of ether oxygens (including phenoxy) is 2. The minimum atomic E-state index is -0.272. The van der Waals surface area contributed by atoms with Crippen molar-refractivity contribution in [3.63, 3.8) is 0 Å². The molecule has 0 aliphatic carbocycles. The highest BCUT2D eigenvalue weighted by Gasteiger charge is 2.05. The number of nitrogens with one attached hydrogen (secondary N) is 2. The summed E-state index contributed by atoms with van der Waals surface area (Å²) in [6.45, 7) is 0. The van der Waals surface area contributed by atoms with Crippen LogP contribution in [0.3, 0.4) is 0 Å². The van der Waals surface area contributed by atoms with E-state index in [1.165, 1.54) is 38.8 Å². The molecule has 0 unspecified atom stereocenters. The molecule has 10 heteroatoms. The SMILES string of the molecule is COc1cc(/C=N/NC(=O)CCCCC(=O)N/N=C/c2ccc(O)c(OC)c2)ccc1O. The van der Waals surface area contributed by atoms with E-state index in [9.17, 15) is 19.8 Å². The van der Waals surface area contributed by atoms with Crippen molar-refractivity contribution >= 4 is 24.2 Å². The third-order valence-corrected chi connectivity index (χ3v) is 4.27. The summed E-state index contributed by atoms with van der Waals surface area (Å²) in [6, 6.07) is 9.38. The van der Waals surface area contributed by atoms with Crippen molar-refractivity contribution in [3.05, 3.63) is 47.5 Å². The Kier molecular flexibility index (Phi) is 9.51. The predicted octanol–water partition coefficient (Wildman–Crippen LogP) is 2.28. The van der Waals surface area contributed by atoms with Gasteiger partial charge in [0.25, 0.3) is 0 Å². The number of nitrogens with zero attached hydrogens (tertiary/aromatic N) is 2. The molecule has 2 amide bonds. The van der Waals surface area contributed by atoms with Gasteiger partial charge in [-0.2, -0.15) is 10.2 Å². The molecule has 0 aliphatic heterocycles. The lowest BCUT2D eigenvalue weighted by molar-refractivity contribution is -0.123. The van der Waals surface area contributed by atoms with E-state index in [-0.39, 0.29) is 36.2 Å². The van der Waals surface area contributed by atoms with Crippen LogP contribution in [-0.4, -0.2) is 48.7 Å². The van der Waals surface area contributed by atoms with Crippen molar-refractivity contribution in [2.24, 2.45) is 10.2 Å². The Labute approximate surface area is 185 Å². The van der Waals surface area contributed by atoms with Gasteiger partial charge in [0.15, 0.2) is 23.0 Å². The molecule has 10 nitrogen and oxygen atoms in total. The Morgan fingerprint density at radius 1 is 0.812 bits per heavy atom. The van der Waals surface area contributed by atoms with Crippen molar-refractivity contribution in [2.75, 3.05) is 14.2 Å². The van der Waals surface area contributed by atoms with Crippen molar-refractivity contribution in [3.8, 4) is 23.0 Å². The molecule has 0 atom stereocenters. The van der Waals surface area contributed by atoms with Gasteiger partial charge in [-0.05, 0) is 60.4 Å². The number of benzene rings is 2. The minimum absolute atomic E-state index is 0.0176. The zero-order valence-electron chi connectivity index (χ0n) is 17.9. The zero-order valence-corrected chi connectivity index (χ0v) is 17.9. The lowest BCUT2D eigenvalue weighted by Gasteiger charge is -2.04. The summed E-state index contributed by atoms with van der Waals surface area (Å²) in [5, 5.41) is 26.8. The Hall–Kier alpha value is -4.08. The molecule has 32 heavy (non-hydrogen) atoms. The van der Waals surface area contributed by atoms with Crippen LogP contribution in [0.5, 0.6) is 23.0 Å². The van der Waals surface area contributed by atoms with Crippen molar-refractivity contribution in [2.45, 2.75) is 25.7 Å². The van der Waals surface area contributed by atoms with E-state index in [0.29, 0.717) is 35.5 Å². The molecule has 4 N–H and O–H groups in total. The first kappa shape index (κ1) is 24.2. The second kappa shape index (κ2) is 12.6. The van der Waals surface area contributed by atoms with Crippen LogP contribution in [0.2, 0.25) is 0 Å². The average Bonchev–Trinajstić information content (AvgIpc) is 2.79. The van der Waals surface area contributed by atoms with Crippen LogP contribution in [-0.2, 0) is 9.59 Å². The Morgan fingerprint density at radius 2 is 1.22 bits per heavy atom. The van der Waals surface area contributed by atoms with Crippen LogP contribution in [0.15, 0.2) is 46.6 Å². The Morgan fingerprint density at radius 3 is 1.59 bits per heavy atom. The van der Waals surface area contributed by atoms with Gasteiger partial charge in [0, 0.05) is 12.8 Å². The molecule has 0 saturated heterocycles. The summed E-state index contributed by atoms with van der Waals surface area (Å²) in [5.74, 6) is 0.114. The summed E-state index contributed by atoms with van der Waals surface area (Å²) in [5.41, 5.74) is 6.14. The van der Waals surface area contributed by atoms with Gasteiger partial charge >= 0.3 is 0 Å². The average molecular weight is 442 g/mol. The quantitative estimate of drug-likeness (QED) is 0.239. The second-order valence-corrected chi connectivity index (χ2v) is 6.66. The molecule has 170 valence electrons. The molecule has 2 aromatic rings. The van der Waals surface area contributed by atoms with E-state index in [4.69, 9.17) is 9.47 Å². The highest BCUT2D eigenvalue weighted by Crippen LogP contribution is 2.26. The largest absolute Gasteiger partial charge is 0.504 e. The van der Waals surface area contributed by atoms with Gasteiger partial charge in [-0.1, -0.05) is 0 Å². The monoisotopic (exact) mass is 442 g/mol. The molecule has 0 bridgehead atoms. The molecule has 0 aromatic heterocycles. The highest BCUT2D eigenvalue weighted by atomic mass is 16.5. The summed E-state index contributed by atoms with van der Waals surface area (Å²) < 4.78 is 10.0. The van der Waals surface area contributed by atoms with Crippen LogP contribution in [0.1, 0.15) is 36.8 Å². The van der Waals surface area contributed by atoms with Gasteiger partial charge in [0.2, 0.25) is 11.8 Å². The van der Waals surface area contributed by atoms with Gasteiger partial charge in [-0.15, -0.1) is 0 Å². The number of carbonyl (C=O) groups excluding carboxylic acids is 2. The number of amides is 2. The molecular formula is C22H26N4O6. The molecule has 0 fully saturated rings. The minimum Gasteiger partial charge on any atom is -0.504 e. The Bertz CT molecular complexity index is 911. The van der Waals surface area contributed by atoms with Crippen LogP contribution in [0.4, 0.5) is 0 Å². The number of phenolic OH excluding ortho intramolecular Hbond substituents is 2. The zero-order chi connectivity index (χ0) is 23.3. The number of rotatable bonds is 11. The number of hydrazone groups is 2. The van der Waals surface area contributed by atoms with Gasteiger partial charge in [-0.3, -0.25) is 9.59 Å². The van der Waals surface area contributed by atoms with Crippen molar-refractivity contribution in [1.82, 2.24) is 10.9 Å². The second-order valence-electron chi connectivity index (χ2n) is 6.66. The molecule has 0 heterocycles. The molecule has 2 rings (SSSR count). The van der Waals surface area contributed by atoms with Gasteiger partial charge in [0.05, 0.1) is 26.6 Å². The number of aromatic hydroxyl groups is 2. The van der Waals surface area contributed by atoms with E-state index in [1.807, 2.05) is 0 Å². The van der Waals surface area contributed by atoms with Crippen LogP contribution in [0.25, 0.3) is 0 Å². The summed E-state index contributed by atoms with van der Waals surface area (Å²) in [7, 11) is 2.88. The third kappa shape index (κ3) is 7.98. The number of carbonyl (C=O) groups is 2. The number of methoxy groups -OCH3 is 2. The molecule has 0 spiro atoms. The third-order valence-electron chi connectivity index (χ3n) is 4.27. The van der Waals surface area contributed by atoms with Crippen LogP contribution < -0.4 is 20.3 Å². The van der Waals surface area contributed by atoms with E-state index >= 15 is 0 Å². The number of hydrogen-bond acceptors (Lipinski definition) is 8. The molecule has 0 saturated carbocycles. The smallest absolute Gasteiger partial charge is 0.240 e. The highest BCUT2D eigenvalue weighted by molar-refractivity contribution is 5.84. The fourth-order valence-electron chi connectivity index (χ4n) is 2.59. The first-order valence-electron chi connectivity index (χ1n) is 9.80. The lowest BCUT2D eigenvalue weighted by Crippen LogP contribution is -2.19. The molecule has 2 aromatic carbocycles. The van der Waals surface area contributed by atoms with E-state index < -0.39 is 0 Å². The molecule has 0 aliphatic rings. The van der Waals surface area contributed by atoms with Gasteiger partial charge < -0.3 is 19.7 Å². The maximum atomic E-state index is 11.8. The van der Waals surface area contributed by atoms with Gasteiger partial charge in [-0.25, -0.2) is 10.9 Å². The molecule has 0 radical (unpaired) electrons. The summed E-state index contributed by atoms with van der Waals surface area (Å²) >= 11 is 0. The first-order valence-corrected chi connectivity index (χ1v) is 9.80. The fraction of sp³-hybridized carbons (Fsp3) is 0.273. The van der Waals surface area contributed by atoms with Gasteiger partial charge in [0.1, 0.15) is 0 Å². The summed E-state index contributed by atoms with van der Waals surface area (Å²) in [6.07, 6.45) is 4.35. The number of unbranched alkanes of at least 4 members (excludes halogenated alkanes) is 1. The maximum absolute atomic E-state index is 11.8. The first-order chi connectivity index (χ1) is 15.4. The summed E-state index contributed by atoms with van der Waals surface area (Å²) in [4.78, 5) is 23.6.